The van der Waals surface area contributed by atoms with Gasteiger partial charge >= 0.3 is 0 Å². The van der Waals surface area contributed by atoms with Crippen molar-refractivity contribution >= 4 is 5.82 Å². The Morgan fingerprint density at radius 3 is 3.00 bits per heavy atom. The van der Waals surface area contributed by atoms with E-state index < -0.39 is 0 Å². The van der Waals surface area contributed by atoms with E-state index in [2.05, 4.69) is 10.2 Å². The molecule has 0 bridgehead atoms. The fraction of sp³-hybridized carbons (Fsp3) is 0.375. The number of nitrogens with zero attached hydrogens (tertiary/aromatic N) is 4. The average Bonchev–Trinajstić information content (AvgIpc) is 2.13. The first-order valence-electron chi connectivity index (χ1n) is 4.03. The highest BCUT2D eigenvalue weighted by Crippen LogP contribution is 2.16. The number of hydrogen-bond donors (Lipinski definition) is 1. The smallest absolute Gasteiger partial charge is 0.152 e. The SMILES string of the molecule is N#Cc1cnnc(N2CC(N)C2)c1. The van der Waals surface area contributed by atoms with Crippen LogP contribution in [-0.2, 0) is 0 Å². The Hall–Kier alpha value is -1.67. The van der Waals surface area contributed by atoms with Gasteiger partial charge < -0.3 is 10.6 Å². The average molecular weight is 175 g/mol. The molecule has 0 aromatic carbocycles. The van der Waals surface area contributed by atoms with Gasteiger partial charge in [0.25, 0.3) is 0 Å². The molecule has 5 heteroatoms. The Kier molecular flexibility index (Phi) is 1.83. The molecule has 0 atom stereocenters. The molecule has 0 aliphatic carbocycles. The predicted molar refractivity (Wildman–Crippen MR) is 46.9 cm³/mol. The third-order valence-electron chi connectivity index (χ3n) is 2.00. The molecule has 1 aliphatic rings. The Bertz CT molecular complexity index is 350. The van der Waals surface area contributed by atoms with Crippen molar-refractivity contribution < 1.29 is 0 Å². The first-order valence-corrected chi connectivity index (χ1v) is 4.03. The molecular weight excluding hydrogens is 166 g/mol. The van der Waals surface area contributed by atoms with Crippen LogP contribution >= 0.6 is 0 Å². The molecule has 66 valence electrons. The van der Waals surface area contributed by atoms with Gasteiger partial charge in [-0.2, -0.15) is 10.4 Å². The zero-order valence-electron chi connectivity index (χ0n) is 7.01. The molecule has 1 aromatic heterocycles. The summed E-state index contributed by atoms with van der Waals surface area (Å²) in [6.45, 7) is 1.59. The maximum atomic E-state index is 8.63. The second-order valence-corrected chi connectivity index (χ2v) is 3.08. The summed E-state index contributed by atoms with van der Waals surface area (Å²) in [6, 6.07) is 3.97. The van der Waals surface area contributed by atoms with Gasteiger partial charge in [0.1, 0.15) is 6.07 Å². The van der Waals surface area contributed by atoms with Crippen LogP contribution in [0.25, 0.3) is 0 Å². The minimum Gasteiger partial charge on any atom is -0.352 e. The lowest BCUT2D eigenvalue weighted by Crippen LogP contribution is -2.56. The molecule has 1 saturated heterocycles. The molecule has 2 N–H and O–H groups in total. The molecule has 0 saturated carbocycles. The van der Waals surface area contributed by atoms with Gasteiger partial charge in [-0.25, -0.2) is 0 Å². The molecule has 1 aromatic rings. The normalized spacial score (nSPS) is 16.5. The predicted octanol–water partition coefficient (Wildman–Crippen LogP) is -0.504. The van der Waals surface area contributed by atoms with Gasteiger partial charge in [-0.1, -0.05) is 0 Å². The number of anilines is 1. The van der Waals surface area contributed by atoms with Crippen LogP contribution in [-0.4, -0.2) is 29.3 Å². The maximum Gasteiger partial charge on any atom is 0.152 e. The van der Waals surface area contributed by atoms with Crippen LogP contribution in [0.1, 0.15) is 5.56 Å². The zero-order valence-corrected chi connectivity index (χ0v) is 7.01. The summed E-state index contributed by atoms with van der Waals surface area (Å²) in [5.41, 5.74) is 6.15. The molecule has 1 aliphatic heterocycles. The standard InChI is InChI=1S/C8H9N5/c9-2-6-1-8(12-11-3-6)13-4-7(10)5-13/h1,3,7H,4-5,10H2. The van der Waals surface area contributed by atoms with Gasteiger partial charge in [-0.3, -0.25) is 0 Å². The summed E-state index contributed by atoms with van der Waals surface area (Å²) in [5, 5.41) is 16.3. The van der Waals surface area contributed by atoms with E-state index in [4.69, 9.17) is 11.0 Å². The second kappa shape index (κ2) is 2.99. The molecule has 2 rings (SSSR count). The molecule has 0 radical (unpaired) electrons. The highest BCUT2D eigenvalue weighted by Gasteiger charge is 2.24. The van der Waals surface area contributed by atoms with Crippen LogP contribution in [0, 0.1) is 11.3 Å². The third kappa shape index (κ3) is 1.44. The Balaban J connectivity index is 2.18. The summed E-state index contributed by atoms with van der Waals surface area (Å²) in [7, 11) is 0. The lowest BCUT2D eigenvalue weighted by atomic mass is 10.1. The van der Waals surface area contributed by atoms with E-state index in [-0.39, 0.29) is 6.04 Å². The fourth-order valence-corrected chi connectivity index (χ4v) is 1.27. The van der Waals surface area contributed by atoms with Crippen molar-refractivity contribution in [3.63, 3.8) is 0 Å². The molecule has 2 heterocycles. The van der Waals surface area contributed by atoms with Crippen molar-refractivity contribution in [1.82, 2.24) is 10.2 Å². The van der Waals surface area contributed by atoms with E-state index in [0.29, 0.717) is 5.56 Å². The van der Waals surface area contributed by atoms with E-state index >= 15 is 0 Å². The monoisotopic (exact) mass is 175 g/mol. The number of nitrogens with two attached hydrogens (primary N) is 1. The number of hydrogen-bond acceptors (Lipinski definition) is 5. The maximum absolute atomic E-state index is 8.63. The number of aromatic nitrogens is 2. The van der Waals surface area contributed by atoms with Crippen LogP contribution in [0.3, 0.4) is 0 Å². The van der Waals surface area contributed by atoms with Gasteiger partial charge in [0.15, 0.2) is 5.82 Å². The van der Waals surface area contributed by atoms with Crippen molar-refractivity contribution in [1.29, 1.82) is 5.26 Å². The van der Waals surface area contributed by atoms with Gasteiger partial charge in [-0.15, -0.1) is 5.10 Å². The van der Waals surface area contributed by atoms with E-state index in [1.807, 2.05) is 11.0 Å². The first kappa shape index (κ1) is 7.95. The molecule has 5 nitrogen and oxygen atoms in total. The minimum atomic E-state index is 0.229. The van der Waals surface area contributed by atoms with Crippen LogP contribution < -0.4 is 10.6 Å². The molecule has 1 fully saturated rings. The molecule has 13 heavy (non-hydrogen) atoms. The van der Waals surface area contributed by atoms with Crippen molar-refractivity contribution in [3.8, 4) is 6.07 Å². The van der Waals surface area contributed by atoms with Gasteiger partial charge in [-0.05, 0) is 0 Å². The van der Waals surface area contributed by atoms with Crippen LogP contribution in [0.2, 0.25) is 0 Å². The summed E-state index contributed by atoms with van der Waals surface area (Å²) in [5.74, 6) is 0.737. The Morgan fingerprint density at radius 2 is 2.38 bits per heavy atom. The third-order valence-corrected chi connectivity index (χ3v) is 2.00. The molecule has 0 spiro atoms. The summed E-state index contributed by atoms with van der Waals surface area (Å²) in [4.78, 5) is 2.00. The van der Waals surface area contributed by atoms with Crippen molar-refractivity contribution in [2.24, 2.45) is 5.73 Å². The lowest BCUT2D eigenvalue weighted by Gasteiger charge is -2.37. The van der Waals surface area contributed by atoms with Gasteiger partial charge in [0, 0.05) is 25.2 Å². The van der Waals surface area contributed by atoms with E-state index in [1.165, 1.54) is 6.20 Å². The quantitative estimate of drug-likeness (QED) is 0.622. The minimum absolute atomic E-state index is 0.229. The number of rotatable bonds is 1. The Morgan fingerprint density at radius 1 is 1.62 bits per heavy atom. The van der Waals surface area contributed by atoms with Crippen LogP contribution in [0.5, 0.6) is 0 Å². The molecule has 0 unspecified atom stereocenters. The zero-order chi connectivity index (χ0) is 9.26. The van der Waals surface area contributed by atoms with Crippen molar-refractivity contribution in [2.75, 3.05) is 18.0 Å². The number of nitriles is 1. The Labute approximate surface area is 75.8 Å². The highest BCUT2D eigenvalue weighted by atomic mass is 15.3. The summed E-state index contributed by atoms with van der Waals surface area (Å²) >= 11 is 0. The second-order valence-electron chi connectivity index (χ2n) is 3.08. The highest BCUT2D eigenvalue weighted by molar-refractivity contribution is 5.45. The van der Waals surface area contributed by atoms with Gasteiger partial charge in [0.05, 0.1) is 11.8 Å². The molecular formula is C8H9N5. The summed E-state index contributed by atoms with van der Waals surface area (Å²) in [6.07, 6.45) is 1.45. The molecule has 0 amide bonds. The van der Waals surface area contributed by atoms with Crippen LogP contribution in [0.4, 0.5) is 5.82 Å². The lowest BCUT2D eigenvalue weighted by molar-refractivity contribution is 0.512. The largest absolute Gasteiger partial charge is 0.352 e. The van der Waals surface area contributed by atoms with E-state index in [0.717, 1.165) is 18.9 Å². The van der Waals surface area contributed by atoms with Crippen molar-refractivity contribution in [3.05, 3.63) is 17.8 Å². The first-order chi connectivity index (χ1) is 6.29. The van der Waals surface area contributed by atoms with E-state index in [1.54, 1.807) is 6.07 Å². The summed E-state index contributed by atoms with van der Waals surface area (Å²) < 4.78 is 0. The topological polar surface area (TPSA) is 78.8 Å². The van der Waals surface area contributed by atoms with E-state index in [9.17, 15) is 0 Å². The fourth-order valence-electron chi connectivity index (χ4n) is 1.27. The van der Waals surface area contributed by atoms with Crippen molar-refractivity contribution in [2.45, 2.75) is 6.04 Å². The van der Waals surface area contributed by atoms with Crippen LogP contribution in [0.15, 0.2) is 12.3 Å². The van der Waals surface area contributed by atoms with Gasteiger partial charge in [0.2, 0.25) is 0 Å².